The smallest absolute Gasteiger partial charge is 0.335 e. The number of benzene rings is 2. The van der Waals surface area contributed by atoms with Crippen molar-refractivity contribution in [2.45, 2.75) is 26.9 Å². The van der Waals surface area contributed by atoms with Crippen molar-refractivity contribution in [3.63, 3.8) is 0 Å². The molecule has 0 bridgehead atoms. The summed E-state index contributed by atoms with van der Waals surface area (Å²) in [6, 6.07) is 8.70. The maximum absolute atomic E-state index is 13.0. The quantitative estimate of drug-likeness (QED) is 0.441. The zero-order valence-corrected chi connectivity index (χ0v) is 19.4. The van der Waals surface area contributed by atoms with Gasteiger partial charge in [0.25, 0.3) is 11.8 Å². The van der Waals surface area contributed by atoms with Crippen LogP contribution in [0.1, 0.15) is 26.3 Å². The van der Waals surface area contributed by atoms with Crippen LogP contribution in [0.3, 0.4) is 0 Å². The molecule has 1 aliphatic rings. The first kappa shape index (κ1) is 22.8. The fourth-order valence-electron chi connectivity index (χ4n) is 2.93. The van der Waals surface area contributed by atoms with Gasteiger partial charge in [-0.3, -0.25) is 14.9 Å². The number of nitrogens with zero attached hydrogens (tertiary/aromatic N) is 1. The van der Waals surface area contributed by atoms with Crippen LogP contribution in [0.25, 0.3) is 6.08 Å². The molecule has 7 nitrogen and oxygen atoms in total. The Morgan fingerprint density at radius 1 is 1.16 bits per heavy atom. The summed E-state index contributed by atoms with van der Waals surface area (Å²) >= 11 is 9.35. The molecule has 0 aliphatic carbocycles. The second-order valence-electron chi connectivity index (χ2n) is 6.86. The van der Waals surface area contributed by atoms with Gasteiger partial charge in [-0.1, -0.05) is 11.6 Å². The number of urea groups is 1. The fraction of sp³-hybridized carbons (Fsp3) is 0.227. The number of anilines is 1. The highest BCUT2D eigenvalue weighted by Crippen LogP contribution is 2.38. The number of halogens is 2. The first-order chi connectivity index (χ1) is 14.7. The van der Waals surface area contributed by atoms with E-state index in [1.54, 1.807) is 24.3 Å². The lowest BCUT2D eigenvalue weighted by Crippen LogP contribution is -2.54. The monoisotopic (exact) mass is 506 g/mol. The molecule has 1 aliphatic heterocycles. The molecule has 31 heavy (non-hydrogen) atoms. The zero-order valence-electron chi connectivity index (χ0n) is 17.1. The molecule has 1 N–H and O–H groups in total. The van der Waals surface area contributed by atoms with E-state index in [1.807, 2.05) is 20.8 Å². The summed E-state index contributed by atoms with van der Waals surface area (Å²) < 4.78 is 12.1. The van der Waals surface area contributed by atoms with E-state index in [-0.39, 0.29) is 11.7 Å². The maximum atomic E-state index is 13.0. The summed E-state index contributed by atoms with van der Waals surface area (Å²) in [6.07, 6.45) is 1.32. The number of barbiturate groups is 1. The highest BCUT2D eigenvalue weighted by molar-refractivity contribution is 9.10. The molecule has 0 atom stereocenters. The van der Waals surface area contributed by atoms with Crippen molar-refractivity contribution in [1.82, 2.24) is 5.32 Å². The number of amides is 4. The number of carbonyl (C=O) groups excluding carboxylic acids is 3. The molecule has 0 radical (unpaired) electrons. The van der Waals surface area contributed by atoms with Crippen LogP contribution in [0, 0.1) is 0 Å². The lowest BCUT2D eigenvalue weighted by molar-refractivity contribution is -0.122. The van der Waals surface area contributed by atoms with Gasteiger partial charge < -0.3 is 9.47 Å². The van der Waals surface area contributed by atoms with E-state index in [0.717, 1.165) is 4.90 Å². The van der Waals surface area contributed by atoms with Gasteiger partial charge in [-0.2, -0.15) is 0 Å². The lowest BCUT2D eigenvalue weighted by Gasteiger charge is -2.26. The largest absolute Gasteiger partial charge is 0.490 e. The van der Waals surface area contributed by atoms with Gasteiger partial charge in [0.1, 0.15) is 5.57 Å². The van der Waals surface area contributed by atoms with Crippen molar-refractivity contribution < 1.29 is 23.9 Å². The summed E-state index contributed by atoms with van der Waals surface area (Å²) in [5.41, 5.74) is 0.624. The van der Waals surface area contributed by atoms with Crippen LogP contribution in [0.5, 0.6) is 11.5 Å². The molecule has 162 valence electrons. The lowest BCUT2D eigenvalue weighted by atomic mass is 10.1. The van der Waals surface area contributed by atoms with Crippen molar-refractivity contribution in [2.24, 2.45) is 0 Å². The molecule has 1 saturated heterocycles. The average molecular weight is 508 g/mol. The van der Waals surface area contributed by atoms with Crippen molar-refractivity contribution in [1.29, 1.82) is 0 Å². The fourth-order valence-corrected chi connectivity index (χ4v) is 3.61. The van der Waals surface area contributed by atoms with E-state index < -0.39 is 17.8 Å². The number of nitrogens with one attached hydrogen (secondary N) is 1. The molecular formula is C22H20BrClN2O5. The Labute approximate surface area is 193 Å². The van der Waals surface area contributed by atoms with E-state index in [0.29, 0.717) is 38.9 Å². The summed E-state index contributed by atoms with van der Waals surface area (Å²) in [4.78, 5) is 38.6. The summed E-state index contributed by atoms with van der Waals surface area (Å²) in [6.45, 7) is 6.03. The molecule has 0 unspecified atom stereocenters. The Balaban J connectivity index is 2.02. The van der Waals surface area contributed by atoms with E-state index in [2.05, 4.69) is 21.2 Å². The molecule has 9 heteroatoms. The third-order valence-electron chi connectivity index (χ3n) is 4.18. The minimum atomic E-state index is -0.827. The molecule has 4 amide bonds. The topological polar surface area (TPSA) is 84.9 Å². The van der Waals surface area contributed by atoms with Crippen LogP contribution in [-0.4, -0.2) is 30.6 Å². The van der Waals surface area contributed by atoms with E-state index in [9.17, 15) is 14.4 Å². The van der Waals surface area contributed by atoms with Crippen LogP contribution in [0.4, 0.5) is 10.5 Å². The molecule has 3 rings (SSSR count). The van der Waals surface area contributed by atoms with Gasteiger partial charge in [-0.25, -0.2) is 9.69 Å². The number of ether oxygens (including phenoxy) is 2. The summed E-state index contributed by atoms with van der Waals surface area (Å²) in [5, 5.41) is 2.65. The van der Waals surface area contributed by atoms with Gasteiger partial charge in [0.05, 0.1) is 22.9 Å². The summed E-state index contributed by atoms with van der Waals surface area (Å²) in [5.74, 6) is -0.535. The average Bonchev–Trinajstić information content (AvgIpc) is 2.69. The molecule has 1 fully saturated rings. The van der Waals surface area contributed by atoms with E-state index >= 15 is 0 Å². The van der Waals surface area contributed by atoms with Crippen LogP contribution >= 0.6 is 27.5 Å². The molecule has 2 aromatic rings. The molecule has 2 aromatic carbocycles. The predicted molar refractivity (Wildman–Crippen MR) is 122 cm³/mol. The van der Waals surface area contributed by atoms with Crippen LogP contribution in [0.15, 0.2) is 46.4 Å². The SMILES string of the molecule is CCOc1cc(/C=C2\C(=O)NC(=O)N(c3ccc(Cl)cc3)C2=O)cc(Br)c1OC(C)C. The van der Waals surface area contributed by atoms with Crippen LogP contribution < -0.4 is 19.7 Å². The van der Waals surface area contributed by atoms with Gasteiger partial charge >= 0.3 is 6.03 Å². The van der Waals surface area contributed by atoms with Gasteiger partial charge in [0, 0.05) is 5.02 Å². The molecule has 0 aromatic heterocycles. The minimum Gasteiger partial charge on any atom is -0.490 e. The minimum absolute atomic E-state index is 0.0793. The van der Waals surface area contributed by atoms with Gasteiger partial charge in [0.15, 0.2) is 11.5 Å². The highest BCUT2D eigenvalue weighted by atomic mass is 79.9. The van der Waals surface area contributed by atoms with E-state index in [4.69, 9.17) is 21.1 Å². The third-order valence-corrected chi connectivity index (χ3v) is 5.02. The number of rotatable bonds is 6. The Bertz CT molecular complexity index is 1070. The Hall–Kier alpha value is -2.84. The van der Waals surface area contributed by atoms with Crippen molar-refractivity contribution in [3.05, 3.63) is 57.0 Å². The Kier molecular flexibility index (Phi) is 7.02. The molecule has 1 heterocycles. The number of imide groups is 2. The number of hydrogen-bond acceptors (Lipinski definition) is 5. The third kappa shape index (κ3) is 5.08. The molecular weight excluding hydrogens is 488 g/mol. The second-order valence-corrected chi connectivity index (χ2v) is 8.15. The van der Waals surface area contributed by atoms with Crippen molar-refractivity contribution in [3.8, 4) is 11.5 Å². The van der Waals surface area contributed by atoms with Gasteiger partial charge in [0.2, 0.25) is 0 Å². The van der Waals surface area contributed by atoms with E-state index in [1.165, 1.54) is 18.2 Å². The first-order valence-corrected chi connectivity index (χ1v) is 10.7. The Morgan fingerprint density at radius 3 is 2.45 bits per heavy atom. The van der Waals surface area contributed by atoms with Gasteiger partial charge in [-0.05, 0) is 84.7 Å². The normalized spacial score (nSPS) is 15.5. The number of carbonyl (C=O) groups is 3. The summed E-state index contributed by atoms with van der Waals surface area (Å²) in [7, 11) is 0. The predicted octanol–water partition coefficient (Wildman–Crippen LogP) is 4.95. The number of hydrogen-bond donors (Lipinski definition) is 1. The standard InChI is InChI=1S/C22H20BrClN2O5/c1-4-30-18-11-13(10-17(23)19(18)31-12(2)3)9-16-20(27)25-22(29)26(21(16)28)15-7-5-14(24)6-8-15/h5-12H,4H2,1-3H3,(H,25,27,29)/b16-9+. The van der Waals surface area contributed by atoms with Crippen LogP contribution in [0.2, 0.25) is 5.02 Å². The second kappa shape index (κ2) is 9.53. The Morgan fingerprint density at radius 2 is 1.84 bits per heavy atom. The highest BCUT2D eigenvalue weighted by Gasteiger charge is 2.36. The van der Waals surface area contributed by atoms with Crippen LogP contribution in [-0.2, 0) is 9.59 Å². The first-order valence-electron chi connectivity index (χ1n) is 9.51. The molecule has 0 spiro atoms. The maximum Gasteiger partial charge on any atom is 0.335 e. The molecule has 0 saturated carbocycles. The zero-order chi connectivity index (χ0) is 22.7. The van der Waals surface area contributed by atoms with Crippen molar-refractivity contribution >= 4 is 57.1 Å². The van der Waals surface area contributed by atoms with Crippen molar-refractivity contribution in [2.75, 3.05) is 11.5 Å². The van der Waals surface area contributed by atoms with Gasteiger partial charge in [-0.15, -0.1) is 0 Å².